The van der Waals surface area contributed by atoms with Gasteiger partial charge in [0.2, 0.25) is 5.91 Å². The number of nitrogens with one attached hydrogen (secondary N) is 1. The molecule has 1 heterocycles. The van der Waals surface area contributed by atoms with E-state index >= 15 is 0 Å². The molecule has 0 fully saturated rings. The molecular weight excluding hydrogens is 320 g/mol. The van der Waals surface area contributed by atoms with E-state index in [2.05, 4.69) is 15.6 Å². The molecular formula is C18H20N4O3. The Kier molecular flexibility index (Phi) is 4.83. The van der Waals surface area contributed by atoms with Crippen LogP contribution in [0.1, 0.15) is 18.5 Å². The highest BCUT2D eigenvalue weighted by molar-refractivity contribution is 5.80. The molecule has 0 saturated carbocycles. The fraction of sp³-hybridized carbons (Fsp3) is 0.278. The number of fused-ring (bicyclic) bond motifs is 1. The Morgan fingerprint density at radius 2 is 2.00 bits per heavy atom. The number of ether oxygens (including phenoxy) is 2. The summed E-state index contributed by atoms with van der Waals surface area (Å²) in [6, 6.07) is 12.8. The monoisotopic (exact) mass is 340 g/mol. The van der Waals surface area contributed by atoms with Gasteiger partial charge in [-0.2, -0.15) is 0 Å². The predicted octanol–water partition coefficient (Wildman–Crippen LogP) is 2.33. The minimum Gasteiger partial charge on any atom is -0.497 e. The summed E-state index contributed by atoms with van der Waals surface area (Å²) in [6.07, 6.45) is 0. The zero-order chi connectivity index (χ0) is 17.8. The number of amides is 1. The normalized spacial score (nSPS) is 12.0. The Hall–Kier alpha value is -3.09. The van der Waals surface area contributed by atoms with Crippen molar-refractivity contribution in [3.05, 3.63) is 48.0 Å². The second-order valence-electron chi connectivity index (χ2n) is 5.63. The van der Waals surface area contributed by atoms with Crippen LogP contribution in [0.2, 0.25) is 0 Å². The maximum Gasteiger partial charge on any atom is 0.242 e. The van der Waals surface area contributed by atoms with Gasteiger partial charge in [-0.3, -0.25) is 4.79 Å². The first kappa shape index (κ1) is 16.8. The van der Waals surface area contributed by atoms with Crippen LogP contribution in [-0.2, 0) is 11.3 Å². The Morgan fingerprint density at radius 1 is 1.20 bits per heavy atom. The number of benzene rings is 2. The van der Waals surface area contributed by atoms with E-state index in [1.807, 2.05) is 49.4 Å². The van der Waals surface area contributed by atoms with Gasteiger partial charge in [-0.05, 0) is 37.3 Å². The maximum absolute atomic E-state index is 12.4. The number of hydrogen-bond donors (Lipinski definition) is 1. The highest BCUT2D eigenvalue weighted by atomic mass is 16.5. The van der Waals surface area contributed by atoms with E-state index in [0.717, 1.165) is 16.6 Å². The zero-order valence-electron chi connectivity index (χ0n) is 14.4. The lowest BCUT2D eigenvalue weighted by Gasteiger charge is -2.18. The van der Waals surface area contributed by atoms with Gasteiger partial charge in [0.1, 0.15) is 23.6 Å². The largest absolute Gasteiger partial charge is 0.497 e. The van der Waals surface area contributed by atoms with Gasteiger partial charge in [0.05, 0.1) is 25.8 Å². The van der Waals surface area contributed by atoms with Crippen molar-refractivity contribution in [3.8, 4) is 11.5 Å². The van der Waals surface area contributed by atoms with Crippen LogP contribution >= 0.6 is 0 Å². The molecule has 1 amide bonds. The van der Waals surface area contributed by atoms with Crippen LogP contribution in [0.3, 0.4) is 0 Å². The molecule has 130 valence electrons. The van der Waals surface area contributed by atoms with Gasteiger partial charge in [-0.15, -0.1) is 5.10 Å². The Balaban J connectivity index is 1.74. The summed E-state index contributed by atoms with van der Waals surface area (Å²) in [4.78, 5) is 12.4. The number of nitrogens with zero attached hydrogens (tertiary/aromatic N) is 3. The van der Waals surface area contributed by atoms with Crippen LogP contribution in [0, 0.1) is 0 Å². The predicted molar refractivity (Wildman–Crippen MR) is 93.6 cm³/mol. The molecule has 2 aromatic carbocycles. The first-order valence-electron chi connectivity index (χ1n) is 7.92. The second kappa shape index (κ2) is 7.21. The highest BCUT2D eigenvalue weighted by Gasteiger charge is 2.16. The molecule has 7 heteroatoms. The zero-order valence-corrected chi connectivity index (χ0v) is 14.4. The summed E-state index contributed by atoms with van der Waals surface area (Å²) in [6.45, 7) is 1.99. The van der Waals surface area contributed by atoms with Crippen molar-refractivity contribution in [1.29, 1.82) is 0 Å². The van der Waals surface area contributed by atoms with E-state index in [1.54, 1.807) is 18.9 Å². The van der Waals surface area contributed by atoms with Crippen molar-refractivity contribution in [2.24, 2.45) is 0 Å². The molecule has 0 radical (unpaired) electrons. The van der Waals surface area contributed by atoms with Crippen molar-refractivity contribution in [1.82, 2.24) is 20.3 Å². The molecule has 3 rings (SSSR count). The van der Waals surface area contributed by atoms with Gasteiger partial charge in [0.25, 0.3) is 0 Å². The molecule has 0 aliphatic heterocycles. The topological polar surface area (TPSA) is 78.3 Å². The molecule has 1 unspecified atom stereocenters. The lowest BCUT2D eigenvalue weighted by Crippen LogP contribution is -2.30. The third-order valence-corrected chi connectivity index (χ3v) is 3.99. The van der Waals surface area contributed by atoms with Gasteiger partial charge in [-0.1, -0.05) is 17.3 Å². The van der Waals surface area contributed by atoms with E-state index in [9.17, 15) is 4.79 Å². The highest BCUT2D eigenvalue weighted by Crippen LogP contribution is 2.29. The van der Waals surface area contributed by atoms with Crippen LogP contribution in [0.5, 0.6) is 11.5 Å². The van der Waals surface area contributed by atoms with Gasteiger partial charge >= 0.3 is 0 Å². The SMILES string of the molecule is COc1ccc(OC)c(C(C)NC(=O)Cn2nnc3ccccc32)c1. The van der Waals surface area contributed by atoms with Gasteiger partial charge in [-0.25, -0.2) is 4.68 Å². The molecule has 0 saturated heterocycles. The third kappa shape index (κ3) is 3.55. The average molecular weight is 340 g/mol. The number of carbonyl (C=O) groups is 1. The number of rotatable bonds is 6. The standard InChI is InChI=1S/C18H20N4O3/c1-12(14-10-13(24-2)8-9-17(14)25-3)19-18(23)11-22-16-7-5-4-6-15(16)20-21-22/h4-10,12H,11H2,1-3H3,(H,19,23). The van der Waals surface area contributed by atoms with Crippen LogP contribution in [0.4, 0.5) is 0 Å². The van der Waals surface area contributed by atoms with E-state index in [4.69, 9.17) is 9.47 Å². The molecule has 1 atom stereocenters. The molecule has 0 aliphatic carbocycles. The number of methoxy groups -OCH3 is 2. The molecule has 0 aliphatic rings. The fourth-order valence-electron chi connectivity index (χ4n) is 2.71. The van der Waals surface area contributed by atoms with Crippen molar-refractivity contribution in [2.75, 3.05) is 14.2 Å². The average Bonchev–Trinajstić information content (AvgIpc) is 3.04. The first-order valence-corrected chi connectivity index (χ1v) is 7.92. The van der Waals surface area contributed by atoms with E-state index in [0.29, 0.717) is 11.5 Å². The summed E-state index contributed by atoms with van der Waals surface area (Å²) in [5, 5.41) is 11.1. The lowest BCUT2D eigenvalue weighted by molar-refractivity contribution is -0.122. The van der Waals surface area contributed by atoms with Crippen molar-refractivity contribution < 1.29 is 14.3 Å². The maximum atomic E-state index is 12.4. The van der Waals surface area contributed by atoms with E-state index in [1.165, 1.54) is 0 Å². The summed E-state index contributed by atoms with van der Waals surface area (Å²) in [5.41, 5.74) is 2.43. The lowest BCUT2D eigenvalue weighted by atomic mass is 10.1. The van der Waals surface area contributed by atoms with Crippen molar-refractivity contribution in [2.45, 2.75) is 19.5 Å². The van der Waals surface area contributed by atoms with Crippen molar-refractivity contribution >= 4 is 16.9 Å². The summed E-state index contributed by atoms with van der Waals surface area (Å²) in [7, 11) is 3.20. The van der Waals surface area contributed by atoms with Gasteiger partial charge < -0.3 is 14.8 Å². The number of hydrogen-bond acceptors (Lipinski definition) is 5. The van der Waals surface area contributed by atoms with E-state index < -0.39 is 0 Å². The molecule has 0 spiro atoms. The molecule has 1 N–H and O–H groups in total. The first-order chi connectivity index (χ1) is 12.1. The number of aromatic nitrogens is 3. The van der Waals surface area contributed by atoms with Gasteiger partial charge in [0.15, 0.2) is 0 Å². The quantitative estimate of drug-likeness (QED) is 0.745. The summed E-state index contributed by atoms with van der Waals surface area (Å²) >= 11 is 0. The van der Waals surface area contributed by atoms with Crippen LogP contribution in [0.15, 0.2) is 42.5 Å². The molecule has 1 aromatic heterocycles. The fourth-order valence-corrected chi connectivity index (χ4v) is 2.71. The Labute approximate surface area is 145 Å². The number of para-hydroxylation sites is 1. The molecule has 0 bridgehead atoms. The smallest absolute Gasteiger partial charge is 0.242 e. The van der Waals surface area contributed by atoms with Gasteiger partial charge in [0, 0.05) is 5.56 Å². The number of carbonyl (C=O) groups excluding carboxylic acids is 1. The summed E-state index contributed by atoms with van der Waals surface area (Å²) in [5.74, 6) is 1.24. The van der Waals surface area contributed by atoms with Crippen LogP contribution < -0.4 is 14.8 Å². The Bertz CT molecular complexity index is 891. The minimum atomic E-state index is -0.243. The third-order valence-electron chi connectivity index (χ3n) is 3.99. The van der Waals surface area contributed by atoms with Crippen molar-refractivity contribution in [3.63, 3.8) is 0 Å². The Morgan fingerprint density at radius 3 is 2.76 bits per heavy atom. The minimum absolute atomic E-state index is 0.0944. The van der Waals surface area contributed by atoms with Crippen LogP contribution in [0.25, 0.3) is 11.0 Å². The molecule has 25 heavy (non-hydrogen) atoms. The van der Waals surface area contributed by atoms with E-state index in [-0.39, 0.29) is 18.5 Å². The molecule has 3 aromatic rings. The molecule has 7 nitrogen and oxygen atoms in total. The second-order valence-corrected chi connectivity index (χ2v) is 5.63. The summed E-state index contributed by atoms with van der Waals surface area (Å²) < 4.78 is 12.2. The van der Waals surface area contributed by atoms with Crippen LogP contribution in [-0.4, -0.2) is 35.1 Å².